The molecule has 0 bridgehead atoms. The fourth-order valence-electron chi connectivity index (χ4n) is 1.86. The molecule has 7 heteroatoms. The number of carbonyl (C=O) groups excluding carboxylic acids is 2. The fourth-order valence-corrected chi connectivity index (χ4v) is 1.86. The first-order valence-corrected chi connectivity index (χ1v) is 7.12. The van der Waals surface area contributed by atoms with Crippen LogP contribution in [0.5, 0.6) is 5.75 Å². The molecule has 22 heavy (non-hydrogen) atoms. The molecule has 122 valence electrons. The molecule has 1 rings (SSSR count). The van der Waals surface area contributed by atoms with E-state index in [0.29, 0.717) is 31.6 Å². The number of nitrogens with two attached hydrogens (primary N) is 2. The number of amides is 2. The molecule has 0 radical (unpaired) electrons. The minimum atomic E-state index is -1.33. The molecule has 0 saturated carbocycles. The largest absolute Gasteiger partial charge is 0.414 e. The lowest BCUT2D eigenvalue weighted by Gasteiger charge is -2.18. The maximum atomic E-state index is 11.8. The third-order valence-corrected chi connectivity index (χ3v) is 3.24. The lowest BCUT2D eigenvalue weighted by molar-refractivity contribution is -0.127. The molecule has 2 atom stereocenters. The summed E-state index contributed by atoms with van der Waals surface area (Å²) in [5.41, 5.74) is 10.6. The van der Waals surface area contributed by atoms with Gasteiger partial charge in [0.25, 0.3) is 0 Å². The summed E-state index contributed by atoms with van der Waals surface area (Å²) in [5, 5.41) is 9.37. The summed E-state index contributed by atoms with van der Waals surface area (Å²) >= 11 is 0. The monoisotopic (exact) mass is 309 g/mol. The number of carbonyl (C=O) groups is 2. The number of unbranched alkanes of at least 4 members (excludes halogenated alkanes) is 1. The summed E-state index contributed by atoms with van der Waals surface area (Å²) in [4.78, 5) is 24.0. The molecule has 2 amide bonds. The van der Waals surface area contributed by atoms with Crippen molar-refractivity contribution in [3.05, 3.63) is 30.3 Å². The summed E-state index contributed by atoms with van der Waals surface area (Å²) in [6.45, 7) is 0.491. The minimum absolute atomic E-state index is 0.437. The van der Waals surface area contributed by atoms with E-state index in [-0.39, 0.29) is 0 Å². The molecule has 0 saturated heterocycles. The van der Waals surface area contributed by atoms with Crippen LogP contribution in [-0.2, 0) is 4.79 Å². The van der Waals surface area contributed by atoms with Crippen LogP contribution in [0.4, 0.5) is 4.79 Å². The predicted molar refractivity (Wildman–Crippen MR) is 82.1 cm³/mol. The first-order chi connectivity index (χ1) is 10.4. The van der Waals surface area contributed by atoms with E-state index >= 15 is 0 Å². The second-order valence-corrected chi connectivity index (χ2v) is 5.11. The molecule has 1 aromatic rings. The van der Waals surface area contributed by atoms with E-state index in [1.54, 1.807) is 31.3 Å². The number of rotatable bonds is 8. The summed E-state index contributed by atoms with van der Waals surface area (Å²) in [6, 6.07) is 8.14. The molecule has 0 aliphatic carbocycles. The lowest BCUT2D eigenvalue weighted by Crippen LogP contribution is -2.44. The molecule has 0 fully saturated rings. The zero-order chi connectivity index (χ0) is 16.5. The van der Waals surface area contributed by atoms with E-state index in [4.69, 9.17) is 16.2 Å². The van der Waals surface area contributed by atoms with E-state index in [1.165, 1.54) is 4.90 Å². The van der Waals surface area contributed by atoms with E-state index in [0.717, 1.165) is 0 Å². The Morgan fingerprint density at radius 3 is 2.50 bits per heavy atom. The van der Waals surface area contributed by atoms with Gasteiger partial charge in [-0.05, 0) is 25.0 Å². The standard InChI is InChI=1S/C15H23N3O4/c1-18(15(21)22-11-7-3-2-4-8-11)10-6-5-9-12(16)13(19)14(17)20/h2-4,7-8,12-13,19H,5-6,9-10,16H2,1H3,(H2,17,20). The van der Waals surface area contributed by atoms with Gasteiger partial charge in [0, 0.05) is 19.6 Å². The number of nitrogens with zero attached hydrogens (tertiary/aromatic N) is 1. The number of benzene rings is 1. The molecule has 5 N–H and O–H groups in total. The maximum absolute atomic E-state index is 11.8. The molecule has 0 aromatic heterocycles. The Kier molecular flexibility index (Phi) is 7.34. The van der Waals surface area contributed by atoms with Crippen LogP contribution in [0.2, 0.25) is 0 Å². The molecule has 0 aliphatic heterocycles. The predicted octanol–water partition coefficient (Wildman–Crippen LogP) is 0.461. The van der Waals surface area contributed by atoms with Crippen molar-refractivity contribution in [3.63, 3.8) is 0 Å². The van der Waals surface area contributed by atoms with Gasteiger partial charge in [0.2, 0.25) is 5.91 Å². The van der Waals surface area contributed by atoms with Gasteiger partial charge in [-0.2, -0.15) is 0 Å². The van der Waals surface area contributed by atoms with Crippen molar-refractivity contribution in [1.29, 1.82) is 0 Å². The van der Waals surface area contributed by atoms with Crippen molar-refractivity contribution in [3.8, 4) is 5.75 Å². The summed E-state index contributed by atoms with van der Waals surface area (Å²) in [7, 11) is 1.64. The number of aliphatic hydroxyl groups excluding tert-OH is 1. The van der Waals surface area contributed by atoms with Gasteiger partial charge >= 0.3 is 6.09 Å². The van der Waals surface area contributed by atoms with Crippen LogP contribution in [0.3, 0.4) is 0 Å². The molecule has 0 heterocycles. The van der Waals surface area contributed by atoms with Gasteiger partial charge < -0.3 is 26.2 Å². The zero-order valence-electron chi connectivity index (χ0n) is 12.6. The Bertz CT molecular complexity index is 481. The average Bonchev–Trinajstić information content (AvgIpc) is 2.51. The van der Waals surface area contributed by atoms with Crippen LogP contribution in [0.25, 0.3) is 0 Å². The average molecular weight is 309 g/mol. The molecular formula is C15H23N3O4. The topological polar surface area (TPSA) is 119 Å². The zero-order valence-corrected chi connectivity index (χ0v) is 12.6. The van der Waals surface area contributed by atoms with Crippen LogP contribution >= 0.6 is 0 Å². The Labute approximate surface area is 129 Å². The second kappa shape index (κ2) is 9.01. The van der Waals surface area contributed by atoms with Gasteiger partial charge in [-0.15, -0.1) is 0 Å². The first-order valence-electron chi connectivity index (χ1n) is 7.12. The van der Waals surface area contributed by atoms with Crippen LogP contribution in [0.15, 0.2) is 30.3 Å². The smallest absolute Gasteiger partial charge is 0.410 e. The van der Waals surface area contributed by atoms with Crippen LogP contribution in [-0.4, -0.2) is 47.7 Å². The Morgan fingerprint density at radius 1 is 1.27 bits per heavy atom. The summed E-state index contributed by atoms with van der Waals surface area (Å²) in [6.07, 6.45) is 0.0214. The number of primary amides is 1. The Balaban J connectivity index is 2.24. The van der Waals surface area contributed by atoms with Crippen LogP contribution in [0.1, 0.15) is 19.3 Å². The summed E-state index contributed by atoms with van der Waals surface area (Å²) in [5.74, 6) is -0.331. The lowest BCUT2D eigenvalue weighted by atomic mass is 10.0. The molecule has 2 unspecified atom stereocenters. The van der Waals surface area contributed by atoms with Crippen molar-refractivity contribution in [2.45, 2.75) is 31.4 Å². The van der Waals surface area contributed by atoms with E-state index in [2.05, 4.69) is 0 Å². The first kappa shape index (κ1) is 17.9. The molecule has 1 aromatic carbocycles. The second-order valence-electron chi connectivity index (χ2n) is 5.11. The molecule has 0 spiro atoms. The highest BCUT2D eigenvalue weighted by molar-refractivity contribution is 5.79. The fraction of sp³-hybridized carbons (Fsp3) is 0.467. The van der Waals surface area contributed by atoms with Gasteiger partial charge in [-0.3, -0.25) is 4.79 Å². The van der Waals surface area contributed by atoms with Crippen LogP contribution in [0, 0.1) is 0 Å². The molecular weight excluding hydrogens is 286 g/mol. The van der Waals surface area contributed by atoms with Gasteiger partial charge in [0.1, 0.15) is 11.9 Å². The normalized spacial score (nSPS) is 13.2. The van der Waals surface area contributed by atoms with E-state index in [9.17, 15) is 14.7 Å². The van der Waals surface area contributed by atoms with Gasteiger partial charge in [-0.25, -0.2) is 4.79 Å². The summed E-state index contributed by atoms with van der Waals surface area (Å²) < 4.78 is 5.19. The highest BCUT2D eigenvalue weighted by Gasteiger charge is 2.19. The van der Waals surface area contributed by atoms with E-state index in [1.807, 2.05) is 6.07 Å². The number of aliphatic hydroxyl groups is 1. The van der Waals surface area contributed by atoms with Crippen LogP contribution < -0.4 is 16.2 Å². The van der Waals surface area contributed by atoms with Crippen molar-refractivity contribution in [2.75, 3.05) is 13.6 Å². The minimum Gasteiger partial charge on any atom is -0.410 e. The van der Waals surface area contributed by atoms with E-state index < -0.39 is 24.1 Å². The number of hydrogen-bond donors (Lipinski definition) is 3. The van der Waals surface area contributed by atoms with Crippen molar-refractivity contribution < 1.29 is 19.4 Å². The molecule has 7 nitrogen and oxygen atoms in total. The van der Waals surface area contributed by atoms with Gasteiger partial charge in [0.05, 0.1) is 0 Å². The Morgan fingerprint density at radius 2 is 1.91 bits per heavy atom. The number of ether oxygens (including phenoxy) is 1. The maximum Gasteiger partial charge on any atom is 0.414 e. The Hall–Kier alpha value is -2.12. The van der Waals surface area contributed by atoms with Crippen molar-refractivity contribution in [2.24, 2.45) is 11.5 Å². The number of hydrogen-bond acceptors (Lipinski definition) is 5. The highest BCUT2D eigenvalue weighted by Crippen LogP contribution is 2.10. The van der Waals surface area contributed by atoms with Gasteiger partial charge in [-0.1, -0.05) is 24.6 Å². The third-order valence-electron chi connectivity index (χ3n) is 3.24. The highest BCUT2D eigenvalue weighted by atomic mass is 16.6. The molecule has 0 aliphatic rings. The third kappa shape index (κ3) is 6.11. The van der Waals surface area contributed by atoms with Crippen molar-refractivity contribution >= 4 is 12.0 Å². The quantitative estimate of drug-likeness (QED) is 0.603. The van der Waals surface area contributed by atoms with Crippen molar-refractivity contribution in [1.82, 2.24) is 4.90 Å². The SMILES string of the molecule is CN(CCCCC(N)C(O)C(N)=O)C(=O)Oc1ccccc1. The number of para-hydroxylation sites is 1. The van der Waals surface area contributed by atoms with Gasteiger partial charge in [0.15, 0.2) is 0 Å².